The zero-order valence-electron chi connectivity index (χ0n) is 19.7. The highest BCUT2D eigenvalue weighted by Gasteiger charge is 2.25. The minimum absolute atomic E-state index is 0.192. The van der Waals surface area contributed by atoms with Crippen LogP contribution < -0.4 is 10.2 Å². The lowest BCUT2D eigenvalue weighted by Crippen LogP contribution is -2.31. The zero-order chi connectivity index (χ0) is 23.8. The molecule has 2 heterocycles. The number of hydrogen-bond acceptors (Lipinski definition) is 4. The quantitative estimate of drug-likeness (QED) is 0.528. The average Bonchev–Trinajstić information content (AvgIpc) is 3.43. The number of hydrogen-bond donors (Lipinski definition) is 2. The fourth-order valence-electron chi connectivity index (χ4n) is 4.52. The molecule has 1 fully saturated rings. The molecule has 1 aromatic heterocycles. The van der Waals surface area contributed by atoms with Gasteiger partial charge >= 0.3 is 0 Å². The summed E-state index contributed by atoms with van der Waals surface area (Å²) < 4.78 is 27.7. The van der Waals surface area contributed by atoms with Crippen LogP contribution in [0.3, 0.4) is 0 Å². The molecule has 0 radical (unpaired) electrons. The smallest absolute Gasteiger partial charge is 0.255 e. The van der Waals surface area contributed by atoms with Gasteiger partial charge in [0.2, 0.25) is 10.0 Å². The number of aromatic amines is 1. The first-order chi connectivity index (χ1) is 15.8. The third kappa shape index (κ3) is 4.37. The van der Waals surface area contributed by atoms with Crippen LogP contribution >= 0.6 is 0 Å². The van der Waals surface area contributed by atoms with Crippen LogP contribution in [0.2, 0.25) is 0 Å². The molecule has 0 bridgehead atoms. The van der Waals surface area contributed by atoms with Crippen molar-refractivity contribution in [2.24, 2.45) is 0 Å². The molecule has 3 aromatic rings. The Bertz CT molecular complexity index is 1290. The lowest BCUT2D eigenvalue weighted by atomic mass is 10.1. The van der Waals surface area contributed by atoms with Crippen molar-refractivity contribution in [3.63, 3.8) is 0 Å². The normalized spacial score (nSPS) is 14.4. The Balaban J connectivity index is 1.72. The Hall–Kier alpha value is -2.84. The van der Waals surface area contributed by atoms with E-state index in [9.17, 15) is 13.2 Å². The molecule has 7 nitrogen and oxygen atoms in total. The van der Waals surface area contributed by atoms with Crippen LogP contribution in [0.15, 0.2) is 41.3 Å². The van der Waals surface area contributed by atoms with Gasteiger partial charge in [-0.05, 0) is 68.7 Å². The number of benzene rings is 2. The summed E-state index contributed by atoms with van der Waals surface area (Å²) in [7, 11) is -3.64. The number of aromatic nitrogens is 1. The number of amides is 1. The van der Waals surface area contributed by atoms with E-state index in [0.29, 0.717) is 24.3 Å². The summed E-state index contributed by atoms with van der Waals surface area (Å²) in [6.07, 6.45) is 2.16. The molecule has 4 rings (SSSR count). The second-order valence-corrected chi connectivity index (χ2v) is 10.5. The summed E-state index contributed by atoms with van der Waals surface area (Å²) in [6.45, 7) is 10.2. The van der Waals surface area contributed by atoms with Crippen molar-refractivity contribution in [2.45, 2.75) is 45.4 Å². The van der Waals surface area contributed by atoms with Crippen molar-refractivity contribution in [3.05, 3.63) is 53.2 Å². The molecule has 1 aliphatic rings. The molecular weight excluding hydrogens is 436 g/mol. The van der Waals surface area contributed by atoms with E-state index in [2.05, 4.69) is 15.2 Å². The molecule has 0 saturated carbocycles. The highest BCUT2D eigenvalue weighted by Crippen LogP contribution is 2.33. The van der Waals surface area contributed by atoms with Crippen LogP contribution in [0.5, 0.6) is 0 Å². The molecular formula is C25H32N4O3S. The third-order valence-electron chi connectivity index (χ3n) is 6.58. The number of nitrogens with zero attached hydrogens (tertiary/aromatic N) is 2. The number of aryl methyl sites for hydroxylation is 2. The largest absolute Gasteiger partial charge is 0.370 e. The van der Waals surface area contributed by atoms with Crippen molar-refractivity contribution < 1.29 is 13.2 Å². The third-order valence-corrected chi connectivity index (χ3v) is 8.62. The summed E-state index contributed by atoms with van der Waals surface area (Å²) in [4.78, 5) is 19.0. The number of nitrogens with one attached hydrogen (secondary N) is 2. The first-order valence-corrected chi connectivity index (χ1v) is 13.0. The number of anilines is 2. The molecule has 33 heavy (non-hydrogen) atoms. The van der Waals surface area contributed by atoms with Gasteiger partial charge in [-0.3, -0.25) is 4.79 Å². The Kier molecular flexibility index (Phi) is 6.50. The fraction of sp³-hybridized carbons (Fsp3) is 0.400. The molecule has 0 atom stereocenters. The van der Waals surface area contributed by atoms with Crippen molar-refractivity contribution >= 4 is 38.2 Å². The van der Waals surface area contributed by atoms with E-state index in [1.54, 1.807) is 18.2 Å². The number of carbonyl (C=O) groups is 1. The molecule has 2 N–H and O–H groups in total. The predicted molar refractivity (Wildman–Crippen MR) is 134 cm³/mol. The van der Waals surface area contributed by atoms with Gasteiger partial charge in [-0.15, -0.1) is 0 Å². The number of H-pyrrole nitrogens is 1. The SMILES string of the molecule is CCN(CC)S(=O)(=O)c1ccc(N2CCCC2)c(NC(=O)c2ccc3[nH]c(C)c(C)c3c2)c1. The van der Waals surface area contributed by atoms with Crippen molar-refractivity contribution in [3.8, 4) is 0 Å². The standard InChI is InChI=1S/C25H32N4O3S/c1-5-29(6-2)33(31,32)20-10-12-24(28-13-7-8-14-28)23(16-20)27-25(30)19-9-11-22-21(15-19)17(3)18(4)26-22/h9-12,15-16,26H,5-8,13-14H2,1-4H3,(H,27,30). The highest BCUT2D eigenvalue weighted by molar-refractivity contribution is 7.89. The summed E-state index contributed by atoms with van der Waals surface area (Å²) in [5.74, 6) is -0.256. The predicted octanol–water partition coefficient (Wildman–Crippen LogP) is 4.67. The van der Waals surface area contributed by atoms with Gasteiger partial charge in [0.05, 0.1) is 16.3 Å². The molecule has 0 unspecified atom stereocenters. The first kappa shape index (κ1) is 23.3. The number of rotatable bonds is 7. The van der Waals surface area contributed by atoms with Crippen molar-refractivity contribution in [1.29, 1.82) is 0 Å². The van der Waals surface area contributed by atoms with Gasteiger partial charge in [-0.25, -0.2) is 8.42 Å². The molecule has 0 aliphatic carbocycles. The Labute approximate surface area is 195 Å². The minimum Gasteiger partial charge on any atom is -0.370 e. The minimum atomic E-state index is -3.64. The first-order valence-electron chi connectivity index (χ1n) is 11.6. The van der Waals surface area contributed by atoms with Crippen LogP contribution in [-0.2, 0) is 10.0 Å². The molecule has 176 valence electrons. The van der Waals surface area contributed by atoms with E-state index in [0.717, 1.165) is 53.8 Å². The topological polar surface area (TPSA) is 85.5 Å². The summed E-state index contributed by atoms with van der Waals surface area (Å²) in [6, 6.07) is 10.7. The molecule has 8 heteroatoms. The van der Waals surface area contributed by atoms with Gasteiger partial charge in [0.15, 0.2) is 0 Å². The fourth-order valence-corrected chi connectivity index (χ4v) is 6.00. The summed E-state index contributed by atoms with van der Waals surface area (Å²) in [5.41, 5.74) is 5.10. The molecule has 1 saturated heterocycles. The maximum absolute atomic E-state index is 13.3. The lowest BCUT2D eigenvalue weighted by Gasteiger charge is -2.24. The monoisotopic (exact) mass is 468 g/mol. The molecule has 1 amide bonds. The van der Waals surface area contributed by atoms with Crippen LogP contribution in [0, 0.1) is 13.8 Å². The zero-order valence-corrected chi connectivity index (χ0v) is 20.6. The highest BCUT2D eigenvalue weighted by atomic mass is 32.2. The van der Waals surface area contributed by atoms with Gasteiger partial charge in [0.25, 0.3) is 5.91 Å². The second kappa shape index (κ2) is 9.19. The van der Waals surface area contributed by atoms with Gasteiger partial charge < -0.3 is 15.2 Å². The number of carbonyl (C=O) groups excluding carboxylic acids is 1. The van der Waals surface area contributed by atoms with Gasteiger partial charge in [-0.1, -0.05) is 13.8 Å². The Morgan fingerprint density at radius 3 is 2.42 bits per heavy atom. The summed E-state index contributed by atoms with van der Waals surface area (Å²) >= 11 is 0. The Morgan fingerprint density at radius 1 is 1.06 bits per heavy atom. The Morgan fingerprint density at radius 2 is 1.76 bits per heavy atom. The maximum Gasteiger partial charge on any atom is 0.255 e. The number of fused-ring (bicyclic) bond motifs is 1. The van der Waals surface area contributed by atoms with E-state index >= 15 is 0 Å². The second-order valence-electron chi connectivity index (χ2n) is 8.55. The molecule has 2 aromatic carbocycles. The average molecular weight is 469 g/mol. The van der Waals surface area contributed by atoms with Gasteiger partial charge in [-0.2, -0.15) is 4.31 Å². The van der Waals surface area contributed by atoms with Crippen LogP contribution in [0.4, 0.5) is 11.4 Å². The van der Waals surface area contributed by atoms with E-state index in [1.165, 1.54) is 4.31 Å². The number of sulfonamides is 1. The van der Waals surface area contributed by atoms with Gasteiger partial charge in [0, 0.05) is 48.3 Å². The lowest BCUT2D eigenvalue weighted by molar-refractivity contribution is 0.102. The van der Waals surface area contributed by atoms with Crippen molar-refractivity contribution in [2.75, 3.05) is 36.4 Å². The van der Waals surface area contributed by atoms with Crippen molar-refractivity contribution in [1.82, 2.24) is 9.29 Å². The van der Waals surface area contributed by atoms with Crippen LogP contribution in [-0.4, -0.2) is 49.8 Å². The van der Waals surface area contributed by atoms with E-state index in [4.69, 9.17) is 0 Å². The van der Waals surface area contributed by atoms with E-state index in [1.807, 2.05) is 45.9 Å². The van der Waals surface area contributed by atoms with Crippen LogP contribution in [0.1, 0.15) is 48.3 Å². The van der Waals surface area contributed by atoms with Gasteiger partial charge in [0.1, 0.15) is 0 Å². The maximum atomic E-state index is 13.3. The van der Waals surface area contributed by atoms with Crippen LogP contribution in [0.25, 0.3) is 10.9 Å². The molecule has 0 spiro atoms. The van der Waals surface area contributed by atoms with E-state index in [-0.39, 0.29) is 10.8 Å². The molecule has 1 aliphatic heterocycles. The summed E-state index contributed by atoms with van der Waals surface area (Å²) in [5, 5.41) is 4.02. The van der Waals surface area contributed by atoms with E-state index < -0.39 is 10.0 Å².